The highest BCUT2D eigenvalue weighted by Crippen LogP contribution is 2.40. The standard InChI is InChI=1S/C8H11IN2O/c1-5(9)10-8-4-7(11-12-8)6-2-3-6/h4-6,10H,2-3H2,1H3. The molecule has 1 N–H and O–H groups in total. The van der Waals surface area contributed by atoms with Crippen LogP contribution in [0.3, 0.4) is 0 Å². The first-order chi connectivity index (χ1) is 5.75. The summed E-state index contributed by atoms with van der Waals surface area (Å²) in [5, 5.41) is 7.16. The third-order valence-electron chi connectivity index (χ3n) is 1.87. The van der Waals surface area contributed by atoms with E-state index in [4.69, 9.17) is 4.52 Å². The zero-order chi connectivity index (χ0) is 8.55. The van der Waals surface area contributed by atoms with Crippen molar-refractivity contribution >= 4 is 28.5 Å². The van der Waals surface area contributed by atoms with Crippen molar-refractivity contribution < 1.29 is 4.52 Å². The third kappa shape index (κ3) is 1.91. The Hall–Kier alpha value is -0.260. The van der Waals surface area contributed by atoms with Gasteiger partial charge in [0, 0.05) is 12.0 Å². The van der Waals surface area contributed by atoms with Crippen LogP contribution < -0.4 is 5.32 Å². The summed E-state index contributed by atoms with van der Waals surface area (Å²) in [6.07, 6.45) is 2.54. The summed E-state index contributed by atoms with van der Waals surface area (Å²) in [7, 11) is 0. The Kier molecular flexibility index (Phi) is 2.25. The normalized spacial score (nSPS) is 19.2. The summed E-state index contributed by atoms with van der Waals surface area (Å²) in [5.41, 5.74) is 1.11. The monoisotopic (exact) mass is 278 g/mol. The maximum Gasteiger partial charge on any atom is 0.225 e. The molecular weight excluding hydrogens is 267 g/mol. The molecule has 0 aromatic carbocycles. The van der Waals surface area contributed by atoms with Crippen molar-refractivity contribution in [3.8, 4) is 0 Å². The number of alkyl halides is 1. The van der Waals surface area contributed by atoms with E-state index in [0.717, 1.165) is 11.6 Å². The number of anilines is 1. The molecule has 4 heteroatoms. The highest BCUT2D eigenvalue weighted by molar-refractivity contribution is 14.1. The van der Waals surface area contributed by atoms with Gasteiger partial charge in [-0.1, -0.05) is 27.7 Å². The van der Waals surface area contributed by atoms with E-state index < -0.39 is 0 Å². The number of nitrogens with one attached hydrogen (secondary N) is 1. The van der Waals surface area contributed by atoms with Crippen LogP contribution in [-0.2, 0) is 0 Å². The van der Waals surface area contributed by atoms with Gasteiger partial charge >= 0.3 is 0 Å². The molecule has 1 aliphatic rings. The van der Waals surface area contributed by atoms with Gasteiger partial charge in [0.05, 0.1) is 9.74 Å². The maximum atomic E-state index is 5.11. The van der Waals surface area contributed by atoms with E-state index >= 15 is 0 Å². The predicted molar refractivity (Wildman–Crippen MR) is 55.6 cm³/mol. The molecule has 1 aromatic rings. The smallest absolute Gasteiger partial charge is 0.225 e. The Bertz CT molecular complexity index is 268. The average Bonchev–Trinajstić information content (AvgIpc) is 2.73. The summed E-state index contributed by atoms with van der Waals surface area (Å²) in [5.74, 6) is 1.47. The summed E-state index contributed by atoms with van der Waals surface area (Å²) in [6, 6.07) is 2.01. The van der Waals surface area contributed by atoms with Crippen LogP contribution in [0.1, 0.15) is 31.4 Å². The van der Waals surface area contributed by atoms with Crippen molar-refractivity contribution in [2.24, 2.45) is 0 Å². The van der Waals surface area contributed by atoms with Crippen molar-refractivity contribution in [3.05, 3.63) is 11.8 Å². The lowest BCUT2D eigenvalue weighted by atomic mass is 10.3. The average molecular weight is 278 g/mol. The van der Waals surface area contributed by atoms with Crippen LogP contribution in [0, 0.1) is 0 Å². The van der Waals surface area contributed by atoms with Crippen molar-refractivity contribution in [2.75, 3.05) is 5.32 Å². The molecular formula is C8H11IN2O. The van der Waals surface area contributed by atoms with Crippen LogP contribution in [0.15, 0.2) is 10.6 Å². The lowest BCUT2D eigenvalue weighted by Gasteiger charge is -2.01. The zero-order valence-electron chi connectivity index (χ0n) is 6.88. The van der Waals surface area contributed by atoms with Crippen LogP contribution in [0.5, 0.6) is 0 Å². The second-order valence-electron chi connectivity index (χ2n) is 3.15. The molecule has 0 saturated heterocycles. The summed E-state index contributed by atoms with van der Waals surface area (Å²) >= 11 is 2.29. The molecule has 1 fully saturated rings. The van der Waals surface area contributed by atoms with E-state index in [0.29, 0.717) is 9.97 Å². The number of rotatable bonds is 3. The molecule has 12 heavy (non-hydrogen) atoms. The molecule has 1 atom stereocenters. The van der Waals surface area contributed by atoms with E-state index in [9.17, 15) is 0 Å². The van der Waals surface area contributed by atoms with E-state index in [1.54, 1.807) is 0 Å². The largest absolute Gasteiger partial charge is 0.343 e. The highest BCUT2D eigenvalue weighted by atomic mass is 127. The molecule has 1 aliphatic carbocycles. The molecule has 0 radical (unpaired) electrons. The van der Waals surface area contributed by atoms with Gasteiger partial charge in [-0.05, 0) is 19.8 Å². The molecule has 1 unspecified atom stereocenters. The molecule has 0 amide bonds. The zero-order valence-corrected chi connectivity index (χ0v) is 9.04. The number of hydrogen-bond donors (Lipinski definition) is 1. The first-order valence-corrected chi connectivity index (χ1v) is 5.37. The fourth-order valence-electron chi connectivity index (χ4n) is 1.12. The SMILES string of the molecule is CC(I)Nc1cc(C2CC2)no1. The van der Waals surface area contributed by atoms with Gasteiger partial charge < -0.3 is 9.84 Å². The van der Waals surface area contributed by atoms with Gasteiger partial charge in [-0.25, -0.2) is 0 Å². The number of nitrogens with zero attached hydrogens (tertiary/aromatic N) is 1. The van der Waals surface area contributed by atoms with Crippen LogP contribution in [0.2, 0.25) is 0 Å². The van der Waals surface area contributed by atoms with Crippen LogP contribution in [-0.4, -0.2) is 9.21 Å². The highest BCUT2D eigenvalue weighted by Gasteiger charge is 2.27. The van der Waals surface area contributed by atoms with Gasteiger partial charge in [0.15, 0.2) is 0 Å². The number of hydrogen-bond acceptors (Lipinski definition) is 3. The van der Waals surface area contributed by atoms with Crippen molar-refractivity contribution in [2.45, 2.75) is 29.7 Å². The van der Waals surface area contributed by atoms with Gasteiger partial charge in [-0.2, -0.15) is 0 Å². The maximum absolute atomic E-state index is 5.11. The Balaban J connectivity index is 2.03. The van der Waals surface area contributed by atoms with Crippen molar-refractivity contribution in [1.82, 2.24) is 5.16 Å². The van der Waals surface area contributed by atoms with Crippen LogP contribution in [0.4, 0.5) is 5.88 Å². The molecule has 1 aromatic heterocycles. The summed E-state index contributed by atoms with van der Waals surface area (Å²) in [6.45, 7) is 2.07. The first-order valence-electron chi connectivity index (χ1n) is 4.13. The molecule has 1 saturated carbocycles. The molecule has 66 valence electrons. The van der Waals surface area contributed by atoms with Gasteiger partial charge in [0.2, 0.25) is 5.88 Å². The lowest BCUT2D eigenvalue weighted by molar-refractivity contribution is 0.424. The Morgan fingerprint density at radius 3 is 3.08 bits per heavy atom. The van der Waals surface area contributed by atoms with Gasteiger partial charge in [0.1, 0.15) is 0 Å². The third-order valence-corrected chi connectivity index (χ3v) is 2.18. The van der Waals surface area contributed by atoms with E-state index in [1.165, 1.54) is 12.8 Å². The molecule has 0 aliphatic heterocycles. The minimum atomic E-state index is 0.377. The molecule has 3 nitrogen and oxygen atoms in total. The molecule has 0 bridgehead atoms. The second kappa shape index (κ2) is 3.24. The van der Waals surface area contributed by atoms with Crippen LogP contribution in [0.25, 0.3) is 0 Å². The summed E-state index contributed by atoms with van der Waals surface area (Å²) < 4.78 is 5.49. The van der Waals surface area contributed by atoms with E-state index in [2.05, 4.69) is 40.0 Å². The van der Waals surface area contributed by atoms with Gasteiger partial charge in [-0.3, -0.25) is 0 Å². The number of aromatic nitrogens is 1. The van der Waals surface area contributed by atoms with Gasteiger partial charge in [-0.15, -0.1) is 0 Å². The van der Waals surface area contributed by atoms with Crippen molar-refractivity contribution in [1.29, 1.82) is 0 Å². The molecule has 1 heterocycles. The minimum absolute atomic E-state index is 0.377. The Morgan fingerprint density at radius 1 is 1.75 bits per heavy atom. The Labute approximate surface area is 85.0 Å². The quantitative estimate of drug-likeness (QED) is 0.525. The summed E-state index contributed by atoms with van der Waals surface area (Å²) in [4.78, 5) is 0. The second-order valence-corrected chi connectivity index (χ2v) is 5.02. The first kappa shape index (κ1) is 8.34. The minimum Gasteiger partial charge on any atom is -0.343 e. The lowest BCUT2D eigenvalue weighted by Crippen LogP contribution is -2.04. The van der Waals surface area contributed by atoms with E-state index in [1.807, 2.05) is 6.07 Å². The molecule has 2 rings (SSSR count). The topological polar surface area (TPSA) is 38.1 Å². The fraction of sp³-hybridized carbons (Fsp3) is 0.625. The van der Waals surface area contributed by atoms with Crippen molar-refractivity contribution in [3.63, 3.8) is 0 Å². The van der Waals surface area contributed by atoms with Crippen LogP contribution >= 0.6 is 22.6 Å². The number of halogens is 1. The fourth-order valence-corrected chi connectivity index (χ4v) is 1.43. The van der Waals surface area contributed by atoms with E-state index in [-0.39, 0.29) is 0 Å². The molecule has 0 spiro atoms. The predicted octanol–water partition coefficient (Wildman–Crippen LogP) is 2.74. The Morgan fingerprint density at radius 2 is 2.50 bits per heavy atom. The van der Waals surface area contributed by atoms with Gasteiger partial charge in [0.25, 0.3) is 0 Å².